The maximum atomic E-state index is 10.5. The van der Waals surface area contributed by atoms with Crippen molar-refractivity contribution < 1.29 is 25.0 Å². The van der Waals surface area contributed by atoms with Gasteiger partial charge in [0.15, 0.2) is 13.2 Å². The molecule has 7 heteroatoms. The lowest BCUT2D eigenvalue weighted by atomic mass is 10.5. The Hall–Kier alpha value is -0.920. The van der Waals surface area contributed by atoms with E-state index in [1.807, 2.05) is 0 Å². The molecule has 0 unspecified atom stereocenters. The first kappa shape index (κ1) is 14.6. The predicted molar refractivity (Wildman–Crippen MR) is 44.0 cm³/mol. The fraction of sp³-hybridized carbons (Fsp3) is 1.00. The Morgan fingerprint density at radius 2 is 1.38 bits per heavy atom. The van der Waals surface area contributed by atoms with Crippen LogP contribution in [-0.4, -0.2) is 41.7 Å². The van der Waals surface area contributed by atoms with Crippen molar-refractivity contribution in [2.45, 2.75) is 12.8 Å². The van der Waals surface area contributed by atoms with Crippen molar-refractivity contribution in [3.05, 3.63) is 4.91 Å². The van der Waals surface area contributed by atoms with E-state index in [0.717, 1.165) is 0 Å². The molecule has 0 radical (unpaired) electrons. The molecule has 5 N–H and O–H groups in total. The molecule has 7 nitrogen and oxygen atoms in total. The zero-order chi connectivity index (χ0) is 9.23. The van der Waals surface area contributed by atoms with Gasteiger partial charge in [0.2, 0.25) is 0 Å². The van der Waals surface area contributed by atoms with Crippen molar-refractivity contribution in [3.8, 4) is 0 Å². The van der Waals surface area contributed by atoms with Gasteiger partial charge in [0.1, 0.15) is 4.91 Å². The molecule has 0 aromatic rings. The molecule has 0 aliphatic rings. The van der Waals surface area contributed by atoms with Crippen LogP contribution < -0.4 is 6.15 Å². The van der Waals surface area contributed by atoms with Gasteiger partial charge in [0, 0.05) is 26.1 Å². The van der Waals surface area contributed by atoms with Crippen molar-refractivity contribution in [2.24, 2.45) is 0 Å². The summed E-state index contributed by atoms with van der Waals surface area (Å²) in [5.41, 5.74) is 0. The highest BCUT2D eigenvalue weighted by atomic mass is 17.0. The van der Waals surface area contributed by atoms with Gasteiger partial charge in [-0.3, -0.25) is 0 Å². The minimum atomic E-state index is -0.0233. The summed E-state index contributed by atoms with van der Waals surface area (Å²) in [4.78, 5) is 19.4. The van der Waals surface area contributed by atoms with Crippen LogP contribution in [0, 0.1) is 4.91 Å². The molecular weight excluding hydrogens is 180 g/mol. The van der Waals surface area contributed by atoms with Gasteiger partial charge in [-0.15, -0.1) is 0 Å². The van der Waals surface area contributed by atoms with E-state index in [0.29, 0.717) is 12.8 Å². The van der Waals surface area contributed by atoms with Gasteiger partial charge in [-0.1, -0.05) is 0 Å². The van der Waals surface area contributed by atoms with E-state index in [2.05, 4.69) is 9.68 Å². The van der Waals surface area contributed by atoms with E-state index < -0.39 is 0 Å². The minimum Gasteiger partial charge on any atom is -0.396 e. The van der Waals surface area contributed by atoms with Crippen LogP contribution in [0.15, 0.2) is 0 Å². The van der Waals surface area contributed by atoms with Gasteiger partial charge in [-0.2, -0.15) is 9.68 Å². The van der Waals surface area contributed by atoms with Crippen LogP contribution in [0.25, 0.3) is 0 Å². The predicted octanol–water partition coefficient (Wildman–Crippen LogP) is -0.445. The van der Waals surface area contributed by atoms with E-state index in [4.69, 9.17) is 10.2 Å². The summed E-state index contributed by atoms with van der Waals surface area (Å²) >= 11 is 0. The molecule has 0 bridgehead atoms. The summed E-state index contributed by atoms with van der Waals surface area (Å²) in [6, 6.07) is 0. The molecule has 0 aliphatic carbocycles. The average molecular weight is 197 g/mol. The highest BCUT2D eigenvalue weighted by molar-refractivity contribution is 4.25. The molecule has 0 rings (SSSR count). The second kappa shape index (κ2) is 11.1. The van der Waals surface area contributed by atoms with Gasteiger partial charge in [-0.25, -0.2) is 0 Å². The zero-order valence-corrected chi connectivity index (χ0v) is 7.52. The van der Waals surface area contributed by atoms with Gasteiger partial charge in [-0.05, 0) is 0 Å². The Bertz CT molecular complexity index is 110. The summed E-state index contributed by atoms with van der Waals surface area (Å²) in [7, 11) is 0. The Morgan fingerprint density at radius 3 is 1.69 bits per heavy atom. The largest absolute Gasteiger partial charge is 0.477 e. The van der Waals surface area contributed by atoms with Crippen LogP contribution in [0.2, 0.25) is 0 Å². The van der Waals surface area contributed by atoms with Gasteiger partial charge in [0.05, 0.1) is 0 Å². The second-order valence-electron chi connectivity index (χ2n) is 2.04. The molecule has 0 saturated heterocycles. The Labute approximate surface area is 76.3 Å². The van der Waals surface area contributed by atoms with Crippen molar-refractivity contribution >= 4 is 0 Å². The summed E-state index contributed by atoms with van der Waals surface area (Å²) in [6.07, 6.45) is 0.782. The lowest BCUT2D eigenvalue weighted by molar-refractivity contribution is -0.981. The monoisotopic (exact) mass is 197 g/mol. The Kier molecular flexibility index (Phi) is 12.4. The standard InChI is InChI=1S/C6H14NO5.H3N/c8-3-1-5-11-7(10)12-6-2-4-9;/h8-9H,1-6H2;1H3/q+1;. The number of hydrogen-bond acceptors (Lipinski definition) is 6. The van der Waals surface area contributed by atoms with Crippen molar-refractivity contribution in [1.82, 2.24) is 6.15 Å². The van der Waals surface area contributed by atoms with Gasteiger partial charge < -0.3 is 16.4 Å². The molecular formula is C6H17N2O5+. The highest BCUT2D eigenvalue weighted by Crippen LogP contribution is 1.86. The molecule has 0 saturated carbocycles. The minimum absolute atomic E-state index is 0. The lowest BCUT2D eigenvalue weighted by Gasteiger charge is -1.92. The third-order valence-electron chi connectivity index (χ3n) is 0.998. The van der Waals surface area contributed by atoms with Crippen molar-refractivity contribution in [3.63, 3.8) is 0 Å². The molecule has 0 atom stereocenters. The summed E-state index contributed by atoms with van der Waals surface area (Å²) in [5.74, 6) is 0. The molecule has 13 heavy (non-hydrogen) atoms. The normalized spacial score (nSPS) is 8.77. The summed E-state index contributed by atoms with van der Waals surface area (Å²) in [5, 5.41) is 16.6. The van der Waals surface area contributed by atoms with E-state index >= 15 is 0 Å². The number of hydrogen-bond donors (Lipinski definition) is 3. The molecule has 0 aliphatic heterocycles. The molecule has 0 amide bonds. The lowest BCUT2D eigenvalue weighted by Crippen LogP contribution is -2.13. The number of nitrogens with zero attached hydrogens (tertiary/aromatic N) is 1. The van der Waals surface area contributed by atoms with Crippen LogP contribution in [0.4, 0.5) is 0 Å². The first-order chi connectivity index (χ1) is 5.81. The third kappa shape index (κ3) is 11.1. The van der Waals surface area contributed by atoms with E-state index in [1.165, 1.54) is 0 Å². The number of rotatable bonds is 8. The van der Waals surface area contributed by atoms with Crippen molar-refractivity contribution in [1.29, 1.82) is 0 Å². The van der Waals surface area contributed by atoms with Crippen LogP contribution in [0.3, 0.4) is 0 Å². The number of aliphatic hydroxyl groups excluding tert-OH is 2. The molecule has 0 aromatic carbocycles. The molecule has 0 heterocycles. The first-order valence-electron chi connectivity index (χ1n) is 3.76. The summed E-state index contributed by atoms with van der Waals surface area (Å²) < 4.78 is 0. The van der Waals surface area contributed by atoms with E-state index in [1.54, 1.807) is 0 Å². The highest BCUT2D eigenvalue weighted by Gasteiger charge is 2.10. The van der Waals surface area contributed by atoms with Crippen LogP contribution in [0.1, 0.15) is 12.8 Å². The Morgan fingerprint density at radius 1 is 1.00 bits per heavy atom. The van der Waals surface area contributed by atoms with Crippen LogP contribution in [-0.2, 0) is 9.68 Å². The van der Waals surface area contributed by atoms with Gasteiger partial charge >= 0.3 is 5.09 Å². The van der Waals surface area contributed by atoms with E-state index in [9.17, 15) is 4.91 Å². The van der Waals surface area contributed by atoms with Gasteiger partial charge in [0.25, 0.3) is 0 Å². The van der Waals surface area contributed by atoms with E-state index in [-0.39, 0.29) is 37.7 Å². The Balaban J connectivity index is 0. The third-order valence-corrected chi connectivity index (χ3v) is 0.998. The maximum absolute atomic E-state index is 10.5. The number of aliphatic hydroxyl groups is 2. The average Bonchev–Trinajstić information content (AvgIpc) is 2.06. The SMILES string of the molecule is N.O=[N+](OCCCO)OCCCO. The zero-order valence-electron chi connectivity index (χ0n) is 7.52. The van der Waals surface area contributed by atoms with Crippen LogP contribution in [0.5, 0.6) is 0 Å². The topological polar surface area (TPSA) is 114 Å². The van der Waals surface area contributed by atoms with Crippen LogP contribution >= 0.6 is 0 Å². The molecule has 0 spiro atoms. The summed E-state index contributed by atoms with van der Waals surface area (Å²) in [6.45, 7) is 0.202. The molecule has 0 aromatic heterocycles. The first-order valence-corrected chi connectivity index (χ1v) is 3.76. The fourth-order valence-corrected chi connectivity index (χ4v) is 0.445. The van der Waals surface area contributed by atoms with Crippen molar-refractivity contribution in [2.75, 3.05) is 26.4 Å². The fourth-order valence-electron chi connectivity index (χ4n) is 0.445. The maximum Gasteiger partial charge on any atom is 0.477 e. The second-order valence-corrected chi connectivity index (χ2v) is 2.04. The molecule has 80 valence electrons. The molecule has 0 fully saturated rings. The quantitative estimate of drug-likeness (QED) is 0.359. The smallest absolute Gasteiger partial charge is 0.396 e.